The van der Waals surface area contributed by atoms with Crippen LogP contribution in [0, 0.1) is 11.6 Å². The maximum absolute atomic E-state index is 13.4. The van der Waals surface area contributed by atoms with Gasteiger partial charge in [-0.1, -0.05) is 0 Å². The number of carbonyl (C=O) groups is 1. The Morgan fingerprint density at radius 3 is 2.88 bits per heavy atom. The number of rotatable bonds is 2. The highest BCUT2D eigenvalue weighted by Crippen LogP contribution is 2.31. The van der Waals surface area contributed by atoms with Gasteiger partial charge in [0.15, 0.2) is 11.6 Å². The summed E-state index contributed by atoms with van der Waals surface area (Å²) in [7, 11) is 0. The van der Waals surface area contributed by atoms with E-state index in [-0.39, 0.29) is 5.91 Å². The average molecular weight is 343 g/mol. The quantitative estimate of drug-likeness (QED) is 0.713. The van der Waals surface area contributed by atoms with Crippen LogP contribution in [0.25, 0.3) is 10.6 Å². The van der Waals surface area contributed by atoms with Gasteiger partial charge >= 0.3 is 0 Å². The number of hydrogen-bond donors (Lipinski definition) is 0. The lowest BCUT2D eigenvalue weighted by atomic mass is 10.2. The van der Waals surface area contributed by atoms with Gasteiger partial charge in [0.25, 0.3) is 5.91 Å². The lowest BCUT2D eigenvalue weighted by molar-refractivity contribution is 0.0993. The van der Waals surface area contributed by atoms with E-state index < -0.39 is 11.6 Å². The van der Waals surface area contributed by atoms with E-state index in [1.807, 2.05) is 6.07 Å². The third-order valence-corrected chi connectivity index (χ3v) is 4.94. The molecule has 3 heterocycles. The first-order valence-corrected chi connectivity index (χ1v) is 8.11. The van der Waals surface area contributed by atoms with E-state index in [1.54, 1.807) is 17.3 Å². The summed E-state index contributed by atoms with van der Waals surface area (Å²) in [5, 5.41) is 0.478. The molecule has 1 aromatic carbocycles. The number of aromatic nitrogens is 2. The van der Waals surface area contributed by atoms with Gasteiger partial charge in [0.1, 0.15) is 9.88 Å². The van der Waals surface area contributed by atoms with Gasteiger partial charge in [-0.3, -0.25) is 9.78 Å². The Morgan fingerprint density at radius 2 is 2.04 bits per heavy atom. The van der Waals surface area contributed by atoms with Crippen LogP contribution in [0.3, 0.4) is 0 Å². The van der Waals surface area contributed by atoms with Crippen LogP contribution in [-0.2, 0) is 6.42 Å². The van der Waals surface area contributed by atoms with Crippen LogP contribution < -0.4 is 4.90 Å². The van der Waals surface area contributed by atoms with Gasteiger partial charge in [0.05, 0.1) is 11.9 Å². The fourth-order valence-electron chi connectivity index (χ4n) is 2.71. The molecule has 0 saturated heterocycles. The topological polar surface area (TPSA) is 46.1 Å². The Morgan fingerprint density at radius 1 is 1.17 bits per heavy atom. The maximum Gasteiger partial charge on any atom is 0.270 e. The summed E-state index contributed by atoms with van der Waals surface area (Å²) in [6.45, 7) is 0.596. The van der Waals surface area contributed by atoms with Crippen molar-refractivity contribution >= 4 is 22.9 Å². The second-order valence-corrected chi connectivity index (χ2v) is 6.40. The van der Waals surface area contributed by atoms with Crippen molar-refractivity contribution in [2.24, 2.45) is 0 Å². The molecular weight excluding hydrogens is 332 g/mol. The van der Waals surface area contributed by atoms with Gasteiger partial charge in [0, 0.05) is 24.5 Å². The second kappa shape index (κ2) is 5.76. The number of nitrogens with zero attached hydrogens (tertiary/aromatic N) is 3. The van der Waals surface area contributed by atoms with Crippen LogP contribution in [0.4, 0.5) is 14.5 Å². The normalized spacial score (nSPS) is 13.2. The zero-order valence-corrected chi connectivity index (χ0v) is 13.2. The molecule has 4 nitrogen and oxygen atoms in total. The molecule has 0 atom stereocenters. The number of fused-ring (bicyclic) bond motifs is 1. The van der Waals surface area contributed by atoms with Crippen LogP contribution in [0.5, 0.6) is 0 Å². The fraction of sp³-hybridized carbons (Fsp3) is 0.118. The van der Waals surface area contributed by atoms with E-state index in [9.17, 15) is 13.6 Å². The molecule has 2 aromatic heterocycles. The molecule has 1 aliphatic rings. The molecule has 4 rings (SSSR count). The van der Waals surface area contributed by atoms with Gasteiger partial charge in [-0.15, -0.1) is 11.3 Å². The zero-order valence-electron chi connectivity index (χ0n) is 12.4. The number of thiazole rings is 1. The van der Waals surface area contributed by atoms with Crippen molar-refractivity contribution in [1.29, 1.82) is 0 Å². The molecule has 7 heteroatoms. The number of carbonyl (C=O) groups excluding carboxylic acids is 1. The minimum absolute atomic E-state index is 0.147. The number of hydrogen-bond acceptors (Lipinski definition) is 4. The van der Waals surface area contributed by atoms with E-state index in [0.717, 1.165) is 41.1 Å². The highest BCUT2D eigenvalue weighted by Gasteiger charge is 2.27. The molecule has 0 saturated carbocycles. The van der Waals surface area contributed by atoms with Crippen molar-refractivity contribution < 1.29 is 13.6 Å². The summed E-state index contributed by atoms with van der Waals surface area (Å²) >= 11 is 1.16. The van der Waals surface area contributed by atoms with Crippen LogP contribution in [0.15, 0.2) is 42.9 Å². The van der Waals surface area contributed by atoms with Crippen molar-refractivity contribution in [3.8, 4) is 10.6 Å². The smallest absolute Gasteiger partial charge is 0.270 e. The molecule has 0 radical (unpaired) electrons. The van der Waals surface area contributed by atoms with E-state index in [0.29, 0.717) is 22.0 Å². The van der Waals surface area contributed by atoms with Crippen LogP contribution in [0.2, 0.25) is 0 Å². The van der Waals surface area contributed by atoms with Crippen molar-refractivity contribution in [2.45, 2.75) is 6.42 Å². The average Bonchev–Trinajstić information content (AvgIpc) is 3.24. The predicted octanol–water partition coefficient (Wildman–Crippen LogP) is 3.69. The number of amides is 1. The first kappa shape index (κ1) is 14.9. The lowest BCUT2D eigenvalue weighted by Crippen LogP contribution is -2.28. The monoisotopic (exact) mass is 343 g/mol. The van der Waals surface area contributed by atoms with Crippen LogP contribution >= 0.6 is 11.3 Å². The minimum atomic E-state index is -0.934. The molecule has 0 spiro atoms. The first-order chi connectivity index (χ1) is 11.6. The number of pyridine rings is 1. The van der Waals surface area contributed by atoms with Crippen molar-refractivity contribution in [3.63, 3.8) is 0 Å². The molecule has 120 valence electrons. The molecule has 0 N–H and O–H groups in total. The molecule has 24 heavy (non-hydrogen) atoms. The first-order valence-electron chi connectivity index (χ1n) is 7.29. The van der Waals surface area contributed by atoms with Crippen molar-refractivity contribution in [1.82, 2.24) is 9.97 Å². The fourth-order valence-corrected chi connectivity index (χ4v) is 3.57. The Labute approximate surface area is 140 Å². The van der Waals surface area contributed by atoms with Crippen LogP contribution in [-0.4, -0.2) is 22.4 Å². The van der Waals surface area contributed by atoms with E-state index in [1.165, 1.54) is 12.3 Å². The third-order valence-electron chi connectivity index (χ3n) is 3.90. The summed E-state index contributed by atoms with van der Waals surface area (Å²) in [6, 6.07) is 5.40. The predicted molar refractivity (Wildman–Crippen MR) is 87.1 cm³/mol. The van der Waals surface area contributed by atoms with Gasteiger partial charge in [-0.2, -0.15) is 0 Å². The summed E-state index contributed by atoms with van der Waals surface area (Å²) in [4.78, 5) is 23.1. The van der Waals surface area contributed by atoms with Gasteiger partial charge in [-0.25, -0.2) is 13.8 Å². The zero-order chi connectivity index (χ0) is 16.7. The van der Waals surface area contributed by atoms with Gasteiger partial charge in [0.2, 0.25) is 0 Å². The molecule has 0 bridgehead atoms. The Bertz CT molecular complexity index is 941. The summed E-state index contributed by atoms with van der Waals surface area (Å²) in [5.74, 6) is -1.99. The molecule has 1 amide bonds. The van der Waals surface area contributed by atoms with Crippen molar-refractivity contribution in [3.05, 3.63) is 64.9 Å². The lowest BCUT2D eigenvalue weighted by Gasteiger charge is -2.15. The van der Waals surface area contributed by atoms with E-state index in [4.69, 9.17) is 0 Å². The minimum Gasteiger partial charge on any atom is -0.307 e. The van der Waals surface area contributed by atoms with Crippen LogP contribution in [0.1, 0.15) is 15.2 Å². The van der Waals surface area contributed by atoms with Gasteiger partial charge < -0.3 is 4.90 Å². The molecule has 0 unspecified atom stereocenters. The number of anilines is 1. The summed E-state index contributed by atoms with van der Waals surface area (Å²) in [6.07, 6.45) is 5.67. The molecule has 1 aliphatic heterocycles. The maximum atomic E-state index is 13.4. The van der Waals surface area contributed by atoms with E-state index >= 15 is 0 Å². The van der Waals surface area contributed by atoms with Crippen molar-refractivity contribution in [2.75, 3.05) is 11.4 Å². The summed E-state index contributed by atoms with van der Waals surface area (Å²) in [5.41, 5.74) is 2.35. The van der Waals surface area contributed by atoms with Gasteiger partial charge in [-0.05, 0) is 36.2 Å². The molecule has 3 aromatic rings. The largest absolute Gasteiger partial charge is 0.307 e. The highest BCUT2D eigenvalue weighted by molar-refractivity contribution is 7.17. The third kappa shape index (κ3) is 2.46. The Hall–Kier alpha value is -2.67. The highest BCUT2D eigenvalue weighted by atomic mass is 32.1. The molecule has 0 fully saturated rings. The number of benzene rings is 1. The Kier molecular flexibility index (Phi) is 3.57. The molecular formula is C17H11F2N3OS. The Balaban J connectivity index is 1.63. The SMILES string of the molecule is O=C(c1cnc(-c2ccc(F)c(F)c2)s1)N1CCc2cnccc21. The standard InChI is InChI=1S/C17H11F2N3OS/c18-12-2-1-10(7-13(12)19)16-21-9-15(24-16)17(23)22-6-4-11-8-20-5-3-14(11)22/h1-3,5,7-9H,4,6H2. The second-order valence-electron chi connectivity index (χ2n) is 5.37. The summed E-state index contributed by atoms with van der Waals surface area (Å²) < 4.78 is 26.4. The van der Waals surface area contributed by atoms with E-state index in [2.05, 4.69) is 9.97 Å². The number of halogens is 2. The molecule has 0 aliphatic carbocycles.